The predicted molar refractivity (Wildman–Crippen MR) is 86.6 cm³/mol. The minimum atomic E-state index is 0.118. The zero-order valence-electron chi connectivity index (χ0n) is 12.5. The van der Waals surface area contributed by atoms with E-state index in [1.165, 1.54) is 5.56 Å². The van der Waals surface area contributed by atoms with E-state index >= 15 is 0 Å². The molecule has 0 aliphatic rings. The first-order chi connectivity index (χ1) is 9.76. The van der Waals surface area contributed by atoms with Gasteiger partial charge in [0.15, 0.2) is 0 Å². The van der Waals surface area contributed by atoms with Gasteiger partial charge in [-0.25, -0.2) is 0 Å². The van der Waals surface area contributed by atoms with Gasteiger partial charge in [0.1, 0.15) is 0 Å². The standard InChI is InChI=1S/C18H26NO/c1-3-5-7-9-11-16-12-10-13-17(15-16)19-18(20)14-8-6-4-2/h5,7,10,12-13,15H,1,3-4,6,8-9,11,14H2,2H3,(H,19,20)/b7-5+. The van der Waals surface area contributed by atoms with E-state index < -0.39 is 0 Å². The van der Waals surface area contributed by atoms with Gasteiger partial charge in [0.05, 0.1) is 0 Å². The lowest BCUT2D eigenvalue weighted by Gasteiger charge is -2.07. The fraction of sp³-hybridized carbons (Fsp3) is 0.444. The number of carbonyl (C=O) groups excluding carboxylic acids is 1. The summed E-state index contributed by atoms with van der Waals surface area (Å²) in [6.07, 6.45) is 10.9. The molecule has 0 saturated heterocycles. The maximum Gasteiger partial charge on any atom is 0.224 e. The Bertz CT molecular complexity index is 423. The highest BCUT2D eigenvalue weighted by molar-refractivity contribution is 5.90. The number of benzene rings is 1. The van der Waals surface area contributed by atoms with Crippen LogP contribution in [0.2, 0.25) is 0 Å². The lowest BCUT2D eigenvalue weighted by Crippen LogP contribution is -2.11. The van der Waals surface area contributed by atoms with Crippen LogP contribution in [-0.2, 0) is 11.2 Å². The number of amides is 1. The summed E-state index contributed by atoms with van der Waals surface area (Å²) in [5.41, 5.74) is 2.16. The Morgan fingerprint density at radius 2 is 2.15 bits per heavy atom. The predicted octanol–water partition coefficient (Wildman–Crippen LogP) is 4.92. The SMILES string of the molecule is [CH2]C/C=C/CCc1cccc(NC(=O)CCCCC)c1. The summed E-state index contributed by atoms with van der Waals surface area (Å²) < 4.78 is 0. The lowest BCUT2D eigenvalue weighted by molar-refractivity contribution is -0.116. The number of carbonyl (C=O) groups is 1. The number of anilines is 1. The number of nitrogens with one attached hydrogen (secondary N) is 1. The van der Waals surface area contributed by atoms with Crippen LogP contribution in [0, 0.1) is 6.92 Å². The van der Waals surface area contributed by atoms with Crippen molar-refractivity contribution in [3.8, 4) is 0 Å². The molecule has 0 fully saturated rings. The van der Waals surface area contributed by atoms with E-state index in [1.807, 2.05) is 12.1 Å². The van der Waals surface area contributed by atoms with E-state index in [4.69, 9.17) is 0 Å². The van der Waals surface area contributed by atoms with Crippen molar-refractivity contribution in [3.63, 3.8) is 0 Å². The average Bonchev–Trinajstić information content (AvgIpc) is 2.44. The molecule has 0 aliphatic heterocycles. The van der Waals surface area contributed by atoms with Crippen molar-refractivity contribution in [1.29, 1.82) is 0 Å². The first-order valence-corrected chi connectivity index (χ1v) is 7.59. The highest BCUT2D eigenvalue weighted by Crippen LogP contribution is 2.13. The van der Waals surface area contributed by atoms with Crippen molar-refractivity contribution in [2.45, 2.75) is 51.9 Å². The average molecular weight is 272 g/mol. The molecule has 0 spiro atoms. The van der Waals surface area contributed by atoms with E-state index in [0.29, 0.717) is 6.42 Å². The van der Waals surface area contributed by atoms with Crippen molar-refractivity contribution in [2.24, 2.45) is 0 Å². The summed E-state index contributed by atoms with van der Waals surface area (Å²) in [6, 6.07) is 8.12. The second kappa shape index (κ2) is 10.2. The summed E-state index contributed by atoms with van der Waals surface area (Å²) in [5, 5.41) is 2.98. The van der Waals surface area contributed by atoms with Crippen molar-refractivity contribution in [3.05, 3.63) is 48.9 Å². The Kier molecular flexibility index (Phi) is 8.44. The van der Waals surface area contributed by atoms with Gasteiger partial charge in [0.25, 0.3) is 0 Å². The number of hydrogen-bond donors (Lipinski definition) is 1. The Hall–Kier alpha value is -1.57. The van der Waals surface area contributed by atoms with Crippen molar-refractivity contribution < 1.29 is 4.79 Å². The maximum atomic E-state index is 11.8. The second-order valence-corrected chi connectivity index (χ2v) is 5.00. The monoisotopic (exact) mass is 272 g/mol. The quantitative estimate of drug-likeness (QED) is 0.502. The van der Waals surface area contributed by atoms with E-state index in [-0.39, 0.29) is 5.91 Å². The van der Waals surface area contributed by atoms with E-state index in [0.717, 1.165) is 44.2 Å². The number of hydrogen-bond acceptors (Lipinski definition) is 1. The smallest absolute Gasteiger partial charge is 0.224 e. The number of rotatable bonds is 9. The second-order valence-electron chi connectivity index (χ2n) is 5.00. The molecule has 1 aromatic rings. The fourth-order valence-corrected chi connectivity index (χ4v) is 2.05. The van der Waals surface area contributed by atoms with Gasteiger partial charge < -0.3 is 5.32 Å². The zero-order valence-corrected chi connectivity index (χ0v) is 12.5. The molecule has 109 valence electrons. The Labute approximate surface area is 123 Å². The molecule has 1 aromatic carbocycles. The number of unbranched alkanes of at least 4 members (excludes halogenated alkanes) is 2. The van der Waals surface area contributed by atoms with Gasteiger partial charge in [-0.15, -0.1) is 0 Å². The molecule has 0 aliphatic carbocycles. The molecule has 0 atom stereocenters. The third kappa shape index (κ3) is 7.13. The molecule has 2 heteroatoms. The Morgan fingerprint density at radius 3 is 2.90 bits per heavy atom. The lowest BCUT2D eigenvalue weighted by atomic mass is 10.1. The third-order valence-electron chi connectivity index (χ3n) is 3.15. The molecule has 1 N–H and O–H groups in total. The fourth-order valence-electron chi connectivity index (χ4n) is 2.05. The summed E-state index contributed by atoms with van der Waals surface area (Å²) in [6.45, 7) is 5.92. The van der Waals surface area contributed by atoms with Crippen LogP contribution in [0.15, 0.2) is 36.4 Å². The van der Waals surface area contributed by atoms with E-state index in [2.05, 4.69) is 43.4 Å². The van der Waals surface area contributed by atoms with Crippen LogP contribution in [-0.4, -0.2) is 5.91 Å². The molecule has 2 nitrogen and oxygen atoms in total. The van der Waals surface area contributed by atoms with Crippen LogP contribution in [0.1, 0.15) is 51.0 Å². The highest BCUT2D eigenvalue weighted by Gasteiger charge is 2.02. The molecule has 0 aromatic heterocycles. The molecular formula is C18H26NO. The van der Waals surface area contributed by atoms with Crippen LogP contribution in [0.4, 0.5) is 5.69 Å². The topological polar surface area (TPSA) is 29.1 Å². The number of allylic oxidation sites excluding steroid dienone is 2. The molecule has 0 bridgehead atoms. The molecule has 20 heavy (non-hydrogen) atoms. The minimum Gasteiger partial charge on any atom is -0.326 e. The van der Waals surface area contributed by atoms with Gasteiger partial charge >= 0.3 is 0 Å². The molecule has 0 saturated carbocycles. The summed E-state index contributed by atoms with van der Waals surface area (Å²) in [4.78, 5) is 11.8. The van der Waals surface area contributed by atoms with Crippen LogP contribution in [0.5, 0.6) is 0 Å². The number of aryl methyl sites for hydroxylation is 1. The summed E-state index contributed by atoms with van der Waals surface area (Å²) in [7, 11) is 0. The van der Waals surface area contributed by atoms with E-state index in [1.54, 1.807) is 0 Å². The summed E-state index contributed by atoms with van der Waals surface area (Å²) >= 11 is 0. The first-order valence-electron chi connectivity index (χ1n) is 7.59. The van der Waals surface area contributed by atoms with Crippen molar-refractivity contribution in [2.75, 3.05) is 5.32 Å². The first kappa shape index (κ1) is 16.5. The molecule has 0 unspecified atom stereocenters. The van der Waals surface area contributed by atoms with Gasteiger partial charge in [-0.2, -0.15) is 0 Å². The van der Waals surface area contributed by atoms with Gasteiger partial charge in [-0.1, -0.05) is 44.1 Å². The van der Waals surface area contributed by atoms with Crippen LogP contribution in [0.3, 0.4) is 0 Å². The van der Waals surface area contributed by atoms with Gasteiger partial charge in [-0.3, -0.25) is 4.79 Å². The largest absolute Gasteiger partial charge is 0.326 e. The minimum absolute atomic E-state index is 0.118. The van der Waals surface area contributed by atoms with Gasteiger partial charge in [0.2, 0.25) is 5.91 Å². The molecular weight excluding hydrogens is 246 g/mol. The Morgan fingerprint density at radius 1 is 1.30 bits per heavy atom. The zero-order chi connectivity index (χ0) is 14.6. The maximum absolute atomic E-state index is 11.8. The van der Waals surface area contributed by atoms with Gasteiger partial charge in [0, 0.05) is 12.1 Å². The summed E-state index contributed by atoms with van der Waals surface area (Å²) in [5.74, 6) is 0.118. The molecule has 1 amide bonds. The molecule has 0 heterocycles. The normalized spacial score (nSPS) is 10.9. The van der Waals surface area contributed by atoms with Crippen LogP contribution >= 0.6 is 0 Å². The van der Waals surface area contributed by atoms with Gasteiger partial charge in [-0.05, 0) is 50.3 Å². The van der Waals surface area contributed by atoms with E-state index in [9.17, 15) is 4.79 Å². The van der Waals surface area contributed by atoms with Crippen LogP contribution < -0.4 is 5.32 Å². The highest BCUT2D eigenvalue weighted by atomic mass is 16.1. The Balaban J connectivity index is 2.42. The van der Waals surface area contributed by atoms with Crippen LogP contribution in [0.25, 0.3) is 0 Å². The van der Waals surface area contributed by atoms with Crippen molar-refractivity contribution in [1.82, 2.24) is 0 Å². The third-order valence-corrected chi connectivity index (χ3v) is 3.15. The van der Waals surface area contributed by atoms with Crippen molar-refractivity contribution >= 4 is 11.6 Å². The molecule has 1 radical (unpaired) electrons. The molecule has 1 rings (SSSR count).